The molecule has 3 rings (SSSR count). The first kappa shape index (κ1) is 14.0. The van der Waals surface area contributed by atoms with Crippen molar-refractivity contribution >= 4 is 5.95 Å². The molecule has 1 N–H and O–H groups in total. The van der Waals surface area contributed by atoms with Crippen LogP contribution in [0.2, 0.25) is 0 Å². The van der Waals surface area contributed by atoms with Crippen LogP contribution in [0, 0.1) is 6.92 Å². The third-order valence-corrected chi connectivity index (χ3v) is 3.81. The summed E-state index contributed by atoms with van der Waals surface area (Å²) in [7, 11) is 0. The van der Waals surface area contributed by atoms with Crippen molar-refractivity contribution in [2.75, 3.05) is 31.1 Å². The minimum Gasteiger partial charge on any atom is -0.340 e. The highest BCUT2D eigenvalue weighted by Gasteiger charge is 2.11. The summed E-state index contributed by atoms with van der Waals surface area (Å²) in [5.74, 6) is 0.853. The van der Waals surface area contributed by atoms with Crippen molar-refractivity contribution in [2.45, 2.75) is 19.8 Å². The number of aromatic nitrogens is 2. The zero-order chi connectivity index (χ0) is 14.5. The van der Waals surface area contributed by atoms with Gasteiger partial charge in [0.05, 0.1) is 0 Å². The molecule has 21 heavy (non-hydrogen) atoms. The van der Waals surface area contributed by atoms with Gasteiger partial charge < -0.3 is 10.2 Å². The highest BCUT2D eigenvalue weighted by molar-refractivity contribution is 5.32. The number of anilines is 1. The second-order valence-corrected chi connectivity index (χ2v) is 5.65. The van der Waals surface area contributed by atoms with Gasteiger partial charge in [0.2, 0.25) is 5.95 Å². The summed E-state index contributed by atoms with van der Waals surface area (Å²) >= 11 is 0. The molecule has 0 atom stereocenters. The Morgan fingerprint density at radius 3 is 2.76 bits per heavy atom. The van der Waals surface area contributed by atoms with Gasteiger partial charge in [0.25, 0.3) is 0 Å². The first-order chi connectivity index (χ1) is 10.3. The van der Waals surface area contributed by atoms with Crippen LogP contribution in [0.1, 0.15) is 23.1 Å². The monoisotopic (exact) mass is 282 g/mol. The molecule has 0 spiro atoms. The summed E-state index contributed by atoms with van der Waals surface area (Å²) < 4.78 is 0. The molecular weight excluding hydrogens is 260 g/mol. The molecule has 1 aromatic carbocycles. The smallest absolute Gasteiger partial charge is 0.225 e. The molecule has 4 heteroatoms. The van der Waals surface area contributed by atoms with Crippen LogP contribution in [0.3, 0.4) is 0 Å². The lowest BCUT2D eigenvalue weighted by atomic mass is 10.1. The van der Waals surface area contributed by atoms with Crippen LogP contribution in [-0.4, -0.2) is 36.1 Å². The normalized spacial score (nSPS) is 15.8. The van der Waals surface area contributed by atoms with Crippen LogP contribution in [0.4, 0.5) is 5.95 Å². The largest absolute Gasteiger partial charge is 0.340 e. The topological polar surface area (TPSA) is 41.1 Å². The minimum atomic E-state index is 0.853. The maximum absolute atomic E-state index is 4.55. The van der Waals surface area contributed by atoms with Crippen molar-refractivity contribution in [3.63, 3.8) is 0 Å². The predicted molar refractivity (Wildman–Crippen MR) is 85.7 cm³/mol. The van der Waals surface area contributed by atoms with Gasteiger partial charge in [-0.3, -0.25) is 0 Å². The summed E-state index contributed by atoms with van der Waals surface area (Å²) in [6.45, 7) is 6.23. The third-order valence-electron chi connectivity index (χ3n) is 3.81. The summed E-state index contributed by atoms with van der Waals surface area (Å²) in [4.78, 5) is 11.4. The van der Waals surface area contributed by atoms with Crippen molar-refractivity contribution < 1.29 is 0 Å². The lowest BCUT2D eigenvalue weighted by molar-refractivity contribution is 0.724. The van der Waals surface area contributed by atoms with Gasteiger partial charge in [-0.05, 0) is 31.0 Å². The number of benzene rings is 1. The van der Waals surface area contributed by atoms with E-state index in [1.165, 1.54) is 11.1 Å². The lowest BCUT2D eigenvalue weighted by Crippen LogP contribution is -2.29. The Hall–Kier alpha value is -1.94. The molecule has 0 amide bonds. The van der Waals surface area contributed by atoms with E-state index < -0.39 is 0 Å². The van der Waals surface area contributed by atoms with Gasteiger partial charge in [-0.15, -0.1) is 0 Å². The molecule has 1 saturated heterocycles. The molecule has 1 aliphatic rings. The lowest BCUT2D eigenvalue weighted by Gasteiger charge is -2.19. The number of aryl methyl sites for hydroxylation is 1. The Balaban J connectivity index is 1.68. The minimum absolute atomic E-state index is 0.853. The molecular formula is C17H22N4. The van der Waals surface area contributed by atoms with Crippen LogP contribution >= 0.6 is 0 Å². The van der Waals surface area contributed by atoms with E-state index in [1.54, 1.807) is 0 Å². The van der Waals surface area contributed by atoms with Gasteiger partial charge in [0.15, 0.2) is 0 Å². The van der Waals surface area contributed by atoms with Crippen molar-refractivity contribution in [3.05, 3.63) is 53.3 Å². The molecule has 0 bridgehead atoms. The van der Waals surface area contributed by atoms with Crippen molar-refractivity contribution in [3.8, 4) is 0 Å². The molecule has 0 unspecified atom stereocenters. The molecule has 1 fully saturated rings. The first-order valence-corrected chi connectivity index (χ1v) is 7.63. The van der Waals surface area contributed by atoms with E-state index in [9.17, 15) is 0 Å². The SMILES string of the molecule is Cc1cccc(Cc2cnc(N3CCCNCC3)nc2)c1. The van der Waals surface area contributed by atoms with E-state index in [1.807, 2.05) is 12.4 Å². The maximum Gasteiger partial charge on any atom is 0.225 e. The molecule has 1 aromatic heterocycles. The molecule has 0 radical (unpaired) electrons. The van der Waals surface area contributed by atoms with Crippen LogP contribution in [0.25, 0.3) is 0 Å². The molecule has 110 valence electrons. The zero-order valence-corrected chi connectivity index (χ0v) is 12.5. The van der Waals surface area contributed by atoms with Gasteiger partial charge in [0.1, 0.15) is 0 Å². The summed E-state index contributed by atoms with van der Waals surface area (Å²) in [5.41, 5.74) is 3.77. The standard InChI is InChI=1S/C17H22N4/c1-14-4-2-5-15(10-14)11-16-12-19-17(20-13-16)21-8-3-6-18-7-9-21/h2,4-5,10,12-13,18H,3,6-9,11H2,1H3. The van der Waals surface area contributed by atoms with Crippen LogP contribution in [-0.2, 0) is 6.42 Å². The Labute approximate surface area is 126 Å². The predicted octanol–water partition coefficient (Wildman–Crippen LogP) is 2.18. The first-order valence-electron chi connectivity index (χ1n) is 7.63. The Kier molecular flexibility index (Phi) is 4.46. The number of hydrogen-bond acceptors (Lipinski definition) is 4. The number of hydrogen-bond donors (Lipinski definition) is 1. The van der Waals surface area contributed by atoms with Crippen LogP contribution in [0.15, 0.2) is 36.7 Å². The Morgan fingerprint density at radius 2 is 1.95 bits per heavy atom. The van der Waals surface area contributed by atoms with Crippen LogP contribution in [0.5, 0.6) is 0 Å². The molecule has 4 nitrogen and oxygen atoms in total. The quantitative estimate of drug-likeness (QED) is 0.937. The Bertz CT molecular complexity index is 572. The summed E-state index contributed by atoms with van der Waals surface area (Å²) in [5, 5.41) is 3.40. The van der Waals surface area contributed by atoms with E-state index in [0.29, 0.717) is 0 Å². The van der Waals surface area contributed by atoms with Crippen molar-refractivity contribution in [1.29, 1.82) is 0 Å². The number of rotatable bonds is 3. The van der Waals surface area contributed by atoms with E-state index in [4.69, 9.17) is 0 Å². The Morgan fingerprint density at radius 1 is 1.10 bits per heavy atom. The zero-order valence-electron chi connectivity index (χ0n) is 12.5. The molecule has 0 saturated carbocycles. The van der Waals surface area contributed by atoms with E-state index in [-0.39, 0.29) is 0 Å². The summed E-state index contributed by atoms with van der Waals surface area (Å²) in [6, 6.07) is 8.59. The highest BCUT2D eigenvalue weighted by Crippen LogP contribution is 2.13. The average Bonchev–Trinajstić information content (AvgIpc) is 2.77. The molecule has 2 heterocycles. The van der Waals surface area contributed by atoms with Gasteiger partial charge in [0, 0.05) is 38.4 Å². The number of nitrogens with zero attached hydrogens (tertiary/aromatic N) is 3. The van der Waals surface area contributed by atoms with Gasteiger partial charge in [-0.2, -0.15) is 0 Å². The highest BCUT2D eigenvalue weighted by atomic mass is 15.3. The number of nitrogens with one attached hydrogen (secondary N) is 1. The second-order valence-electron chi connectivity index (χ2n) is 5.65. The van der Waals surface area contributed by atoms with Crippen molar-refractivity contribution in [2.24, 2.45) is 0 Å². The summed E-state index contributed by atoms with van der Waals surface area (Å²) in [6.07, 6.45) is 5.96. The van der Waals surface area contributed by atoms with E-state index in [2.05, 4.69) is 51.4 Å². The van der Waals surface area contributed by atoms with Gasteiger partial charge in [-0.25, -0.2) is 9.97 Å². The van der Waals surface area contributed by atoms with Gasteiger partial charge >= 0.3 is 0 Å². The molecule has 2 aromatic rings. The third kappa shape index (κ3) is 3.79. The van der Waals surface area contributed by atoms with E-state index in [0.717, 1.165) is 50.5 Å². The van der Waals surface area contributed by atoms with E-state index >= 15 is 0 Å². The maximum atomic E-state index is 4.55. The fourth-order valence-electron chi connectivity index (χ4n) is 2.71. The molecule has 0 aliphatic carbocycles. The fraction of sp³-hybridized carbons (Fsp3) is 0.412. The van der Waals surface area contributed by atoms with Gasteiger partial charge in [-0.1, -0.05) is 29.8 Å². The molecule has 1 aliphatic heterocycles. The second kappa shape index (κ2) is 6.68. The average molecular weight is 282 g/mol. The fourth-order valence-corrected chi connectivity index (χ4v) is 2.71. The van der Waals surface area contributed by atoms with Crippen molar-refractivity contribution in [1.82, 2.24) is 15.3 Å². The van der Waals surface area contributed by atoms with Crippen LogP contribution < -0.4 is 10.2 Å².